The van der Waals surface area contributed by atoms with E-state index in [9.17, 15) is 4.39 Å². The fraction of sp³-hybridized carbons (Fsp3) is 0.588. The number of rotatable bonds is 6. The van der Waals surface area contributed by atoms with Crippen LogP contribution in [0, 0.1) is 0 Å². The molecule has 0 bridgehead atoms. The average Bonchev–Trinajstić information content (AvgIpc) is 3.01. The Labute approximate surface area is 138 Å². The third-order valence-electron chi connectivity index (χ3n) is 4.68. The third kappa shape index (κ3) is 3.75. The summed E-state index contributed by atoms with van der Waals surface area (Å²) in [4.78, 5) is 0. The molecule has 2 rings (SSSR count). The quantitative estimate of drug-likeness (QED) is 0.448. The lowest BCUT2D eigenvalue weighted by Crippen LogP contribution is -2.41. The lowest BCUT2D eigenvalue weighted by atomic mass is 9.84. The van der Waals surface area contributed by atoms with E-state index in [2.05, 4.69) is 11.7 Å². The van der Waals surface area contributed by atoms with Gasteiger partial charge in [0.15, 0.2) is 0 Å². The van der Waals surface area contributed by atoms with Crippen molar-refractivity contribution in [3.63, 3.8) is 0 Å². The highest BCUT2D eigenvalue weighted by Crippen LogP contribution is 2.40. The Bertz CT molecular complexity index is 591. The summed E-state index contributed by atoms with van der Waals surface area (Å²) >= 11 is 0. The number of unbranched alkanes of at least 4 members (excludes halogenated alkanes) is 1. The number of nitrogens with zero attached hydrogens (tertiary/aromatic N) is 2. The van der Waals surface area contributed by atoms with E-state index < -0.39 is 24.0 Å². The molecule has 2 heterocycles. The van der Waals surface area contributed by atoms with Gasteiger partial charge in [-0.05, 0) is 53.0 Å². The minimum atomic E-state index is -0.968. The summed E-state index contributed by atoms with van der Waals surface area (Å²) in [5.41, 5.74) is -0.252. The first-order valence-electron chi connectivity index (χ1n) is 8.03. The molecule has 0 saturated carbocycles. The molecule has 1 fully saturated rings. The van der Waals surface area contributed by atoms with Crippen LogP contribution in [-0.2, 0) is 15.9 Å². The molecule has 1 aromatic heterocycles. The fourth-order valence-corrected chi connectivity index (χ4v) is 2.34. The summed E-state index contributed by atoms with van der Waals surface area (Å²) < 4.78 is 28.1. The molecule has 1 saturated heterocycles. The van der Waals surface area contributed by atoms with Crippen LogP contribution in [0.15, 0.2) is 30.8 Å². The largest absolute Gasteiger partial charge is 0.525 e. The minimum absolute atomic E-state index is 0.394. The Balaban J connectivity index is 2.13. The maximum absolute atomic E-state index is 14.8. The lowest BCUT2D eigenvalue weighted by Gasteiger charge is -2.32. The van der Waals surface area contributed by atoms with Crippen molar-refractivity contribution >= 4 is 12.7 Å². The first kappa shape index (κ1) is 18.0. The molecule has 1 aliphatic rings. The van der Waals surface area contributed by atoms with Gasteiger partial charge in [-0.25, -0.2) is 4.39 Å². The van der Waals surface area contributed by atoms with Crippen molar-refractivity contribution in [3.8, 4) is 0 Å². The normalized spacial score (nSPS) is 20.5. The van der Waals surface area contributed by atoms with E-state index in [1.807, 2.05) is 44.6 Å². The van der Waals surface area contributed by atoms with Crippen LogP contribution in [-0.4, -0.2) is 28.1 Å². The molecule has 6 heteroatoms. The standard InChI is InChI=1S/C17H26BFN2O2/c1-7-8-9-10-21-12-14(11-20-21)13(2)15(19)18-22-16(3,4)17(5,6)23-18/h7,11-12H,1,8-10H2,2-6H3. The summed E-state index contributed by atoms with van der Waals surface area (Å²) in [7, 11) is -0.968. The van der Waals surface area contributed by atoms with Crippen molar-refractivity contribution in [2.75, 3.05) is 0 Å². The average molecular weight is 320 g/mol. The number of hydrogen-bond acceptors (Lipinski definition) is 3. The number of halogens is 1. The minimum Gasteiger partial charge on any atom is -0.398 e. The zero-order chi connectivity index (χ0) is 17.3. The molecule has 1 aromatic rings. The second kappa shape index (κ2) is 6.61. The zero-order valence-electron chi connectivity index (χ0n) is 14.7. The van der Waals surface area contributed by atoms with E-state index in [1.54, 1.807) is 13.1 Å². The van der Waals surface area contributed by atoms with Crippen LogP contribution in [0.5, 0.6) is 0 Å². The van der Waals surface area contributed by atoms with Gasteiger partial charge in [0.2, 0.25) is 0 Å². The van der Waals surface area contributed by atoms with Crippen molar-refractivity contribution < 1.29 is 13.7 Å². The second-order valence-corrected chi connectivity index (χ2v) is 6.98. The summed E-state index contributed by atoms with van der Waals surface area (Å²) in [6.07, 6.45) is 7.31. The summed E-state index contributed by atoms with van der Waals surface area (Å²) in [6, 6.07) is 0. The molecule has 0 amide bonds. The van der Waals surface area contributed by atoms with E-state index in [4.69, 9.17) is 9.31 Å². The van der Waals surface area contributed by atoms with Gasteiger partial charge in [-0.3, -0.25) is 4.68 Å². The highest BCUT2D eigenvalue weighted by molar-refractivity contribution is 6.55. The molecule has 1 aliphatic heterocycles. The summed E-state index contributed by atoms with van der Waals surface area (Å²) in [5.74, 6) is 0. The van der Waals surface area contributed by atoms with Crippen LogP contribution in [0.2, 0.25) is 0 Å². The SMILES string of the molecule is C=CCCCn1cc(C(C)=C(F)B2OC(C)(C)C(C)(C)O2)cn1. The van der Waals surface area contributed by atoms with Gasteiger partial charge in [0.1, 0.15) is 5.73 Å². The molecule has 0 spiro atoms. The van der Waals surface area contributed by atoms with Crippen LogP contribution in [0.3, 0.4) is 0 Å². The van der Waals surface area contributed by atoms with Gasteiger partial charge in [0, 0.05) is 18.3 Å². The Hall–Kier alpha value is -1.40. The van der Waals surface area contributed by atoms with E-state index >= 15 is 0 Å². The van der Waals surface area contributed by atoms with Crippen molar-refractivity contribution in [1.29, 1.82) is 0 Å². The highest BCUT2D eigenvalue weighted by Gasteiger charge is 2.53. The molecule has 0 N–H and O–H groups in total. The first-order chi connectivity index (χ1) is 10.7. The Morgan fingerprint density at radius 1 is 1.35 bits per heavy atom. The van der Waals surface area contributed by atoms with E-state index in [0.29, 0.717) is 5.57 Å². The van der Waals surface area contributed by atoms with Gasteiger partial charge in [0.05, 0.1) is 17.4 Å². The maximum Gasteiger partial charge on any atom is 0.525 e. The van der Waals surface area contributed by atoms with Gasteiger partial charge < -0.3 is 9.31 Å². The van der Waals surface area contributed by atoms with Gasteiger partial charge in [-0.2, -0.15) is 5.10 Å². The molecular weight excluding hydrogens is 294 g/mol. The smallest absolute Gasteiger partial charge is 0.398 e. The third-order valence-corrected chi connectivity index (χ3v) is 4.68. The molecule has 0 radical (unpaired) electrons. The Morgan fingerprint density at radius 2 is 1.96 bits per heavy atom. The topological polar surface area (TPSA) is 36.3 Å². The Morgan fingerprint density at radius 3 is 2.52 bits per heavy atom. The molecular formula is C17H26BFN2O2. The van der Waals surface area contributed by atoms with Gasteiger partial charge >= 0.3 is 7.12 Å². The number of allylic oxidation sites excluding steroid dienone is 2. The van der Waals surface area contributed by atoms with Crippen LogP contribution in [0.1, 0.15) is 53.0 Å². The van der Waals surface area contributed by atoms with Gasteiger partial charge in [-0.1, -0.05) is 6.08 Å². The van der Waals surface area contributed by atoms with Crippen molar-refractivity contribution in [3.05, 3.63) is 36.3 Å². The molecule has 4 nitrogen and oxygen atoms in total. The molecule has 0 aromatic carbocycles. The van der Waals surface area contributed by atoms with E-state index in [-0.39, 0.29) is 0 Å². The maximum atomic E-state index is 14.8. The van der Waals surface area contributed by atoms with Crippen LogP contribution >= 0.6 is 0 Å². The predicted octanol–water partition coefficient (Wildman–Crippen LogP) is 4.18. The van der Waals surface area contributed by atoms with Gasteiger partial charge in [0.25, 0.3) is 0 Å². The molecule has 126 valence electrons. The predicted molar refractivity (Wildman–Crippen MR) is 91.4 cm³/mol. The van der Waals surface area contributed by atoms with Crippen molar-refractivity contribution in [2.45, 2.75) is 65.2 Å². The van der Waals surface area contributed by atoms with Crippen LogP contribution in [0.25, 0.3) is 5.57 Å². The lowest BCUT2D eigenvalue weighted by molar-refractivity contribution is 0.00578. The highest BCUT2D eigenvalue weighted by atomic mass is 19.1. The second-order valence-electron chi connectivity index (χ2n) is 6.98. The van der Waals surface area contributed by atoms with E-state index in [1.165, 1.54) is 0 Å². The summed E-state index contributed by atoms with van der Waals surface area (Å²) in [6.45, 7) is 13.9. The van der Waals surface area contributed by atoms with Crippen molar-refractivity contribution in [1.82, 2.24) is 9.78 Å². The monoisotopic (exact) mass is 320 g/mol. The van der Waals surface area contributed by atoms with Crippen LogP contribution < -0.4 is 0 Å². The molecule has 0 atom stereocenters. The first-order valence-corrected chi connectivity index (χ1v) is 8.03. The number of aryl methyl sites for hydroxylation is 1. The van der Waals surface area contributed by atoms with Crippen LogP contribution in [0.4, 0.5) is 4.39 Å². The molecule has 0 aliphatic carbocycles. The molecule has 23 heavy (non-hydrogen) atoms. The fourth-order valence-electron chi connectivity index (χ4n) is 2.34. The number of aromatic nitrogens is 2. The number of hydrogen-bond donors (Lipinski definition) is 0. The van der Waals surface area contributed by atoms with Crippen molar-refractivity contribution in [2.24, 2.45) is 0 Å². The summed E-state index contributed by atoms with van der Waals surface area (Å²) in [5, 5.41) is 4.28. The van der Waals surface area contributed by atoms with E-state index in [0.717, 1.165) is 24.9 Å². The Kier molecular flexibility index (Phi) is 5.16. The molecule has 0 unspecified atom stereocenters. The zero-order valence-corrected chi connectivity index (χ0v) is 14.7. The van der Waals surface area contributed by atoms with Gasteiger partial charge in [-0.15, -0.1) is 6.58 Å².